The van der Waals surface area contributed by atoms with Crippen LogP contribution >= 0.6 is 0 Å². The van der Waals surface area contributed by atoms with Crippen molar-refractivity contribution < 1.29 is 13.2 Å². The quantitative estimate of drug-likeness (QED) is 0.917. The Morgan fingerprint density at radius 3 is 2.38 bits per heavy atom. The number of ether oxygens (including phenoxy) is 1. The average Bonchev–Trinajstić information content (AvgIpc) is 2.53. The number of methoxy groups -OCH3 is 1. The monoisotopic (exact) mass is 306 g/mol. The largest absolute Gasteiger partial charge is 0.495 e. The van der Waals surface area contributed by atoms with E-state index in [1.807, 2.05) is 0 Å². The van der Waals surface area contributed by atoms with E-state index in [1.54, 1.807) is 48.5 Å². The minimum absolute atomic E-state index is 0.162. The first-order chi connectivity index (χ1) is 10.0. The highest BCUT2D eigenvalue weighted by atomic mass is 32.2. The number of nitrogens with zero attached hydrogens (tertiary/aromatic N) is 1. The average molecular weight is 306 g/mol. The summed E-state index contributed by atoms with van der Waals surface area (Å²) in [5, 5.41) is 0. The first kappa shape index (κ1) is 15.3. The Hall–Kier alpha value is -2.05. The van der Waals surface area contributed by atoms with E-state index in [0.29, 0.717) is 17.0 Å². The van der Waals surface area contributed by atoms with Gasteiger partial charge in [-0.25, -0.2) is 8.42 Å². The van der Waals surface area contributed by atoms with E-state index in [-0.39, 0.29) is 11.4 Å². The number of para-hydroxylation sites is 2. The number of hydrogen-bond acceptors (Lipinski definition) is 4. The molecule has 0 aromatic heterocycles. The first-order valence-electron chi connectivity index (χ1n) is 6.42. The molecule has 0 aliphatic carbocycles. The van der Waals surface area contributed by atoms with Crippen LogP contribution in [0.1, 0.15) is 5.56 Å². The highest BCUT2D eigenvalue weighted by Gasteiger charge is 2.25. The zero-order chi connectivity index (χ0) is 15.5. The molecule has 6 heteroatoms. The molecule has 0 radical (unpaired) electrons. The summed E-state index contributed by atoms with van der Waals surface area (Å²) in [5.74, 6) is 0.494. The van der Waals surface area contributed by atoms with Crippen molar-refractivity contribution in [3.63, 3.8) is 0 Å². The Labute approximate surface area is 125 Å². The van der Waals surface area contributed by atoms with Crippen LogP contribution < -0.4 is 14.8 Å². The molecule has 0 aliphatic heterocycles. The zero-order valence-corrected chi connectivity index (χ0v) is 12.8. The summed E-state index contributed by atoms with van der Waals surface area (Å²) < 4.78 is 32.0. The van der Waals surface area contributed by atoms with Crippen LogP contribution in [0.3, 0.4) is 0 Å². The molecule has 0 heterocycles. The molecule has 0 saturated carbocycles. The van der Waals surface area contributed by atoms with Crippen molar-refractivity contribution in [3.05, 3.63) is 54.1 Å². The summed E-state index contributed by atoms with van der Waals surface area (Å²) in [7, 11) is -0.687. The van der Waals surface area contributed by atoms with Crippen LogP contribution in [-0.4, -0.2) is 22.6 Å². The van der Waals surface area contributed by atoms with Gasteiger partial charge in [0.15, 0.2) is 0 Å². The standard InChI is InChI=1S/C15H18N2O3S/c1-17(13-8-4-5-9-14(13)20-2)21(18,19)15-10-6-3-7-12(15)11-16/h3-10H,11,16H2,1-2H3. The van der Waals surface area contributed by atoms with E-state index in [9.17, 15) is 8.42 Å². The lowest BCUT2D eigenvalue weighted by molar-refractivity contribution is 0.416. The number of hydrogen-bond donors (Lipinski definition) is 1. The van der Waals surface area contributed by atoms with E-state index in [2.05, 4.69) is 0 Å². The predicted octanol–water partition coefficient (Wildman–Crippen LogP) is 1.98. The maximum Gasteiger partial charge on any atom is 0.264 e. The highest BCUT2D eigenvalue weighted by molar-refractivity contribution is 7.92. The first-order valence-corrected chi connectivity index (χ1v) is 7.86. The molecule has 0 saturated heterocycles. The molecule has 112 valence electrons. The Balaban J connectivity index is 2.53. The van der Waals surface area contributed by atoms with Crippen molar-refractivity contribution in [1.29, 1.82) is 0 Å². The van der Waals surface area contributed by atoms with Gasteiger partial charge in [0.2, 0.25) is 0 Å². The number of sulfonamides is 1. The predicted molar refractivity (Wildman–Crippen MR) is 82.9 cm³/mol. The summed E-state index contributed by atoms with van der Waals surface area (Å²) in [4.78, 5) is 0.209. The van der Waals surface area contributed by atoms with Crippen LogP contribution in [0.25, 0.3) is 0 Å². The molecule has 2 N–H and O–H groups in total. The van der Waals surface area contributed by atoms with E-state index in [0.717, 1.165) is 0 Å². The van der Waals surface area contributed by atoms with Crippen LogP contribution in [0.2, 0.25) is 0 Å². The Kier molecular flexibility index (Phi) is 4.50. The molecule has 0 unspecified atom stereocenters. The summed E-state index contributed by atoms with van der Waals surface area (Å²) in [6, 6.07) is 13.7. The van der Waals surface area contributed by atoms with Crippen LogP contribution in [0.4, 0.5) is 5.69 Å². The second-order valence-corrected chi connectivity index (χ2v) is 6.39. The van der Waals surface area contributed by atoms with Gasteiger partial charge in [-0.15, -0.1) is 0 Å². The van der Waals surface area contributed by atoms with Gasteiger partial charge in [-0.2, -0.15) is 0 Å². The third-order valence-electron chi connectivity index (χ3n) is 3.26. The fourth-order valence-corrected chi connectivity index (χ4v) is 3.53. The van der Waals surface area contributed by atoms with Crippen molar-refractivity contribution >= 4 is 15.7 Å². The minimum atomic E-state index is -3.69. The maximum absolute atomic E-state index is 12.8. The zero-order valence-electron chi connectivity index (χ0n) is 12.0. The van der Waals surface area contributed by atoms with Gasteiger partial charge in [0, 0.05) is 13.6 Å². The van der Waals surface area contributed by atoms with Gasteiger partial charge in [-0.3, -0.25) is 4.31 Å². The summed E-state index contributed by atoms with van der Waals surface area (Å²) in [6.45, 7) is 0.162. The number of rotatable bonds is 5. The lowest BCUT2D eigenvalue weighted by Crippen LogP contribution is -2.28. The third-order valence-corrected chi connectivity index (χ3v) is 5.13. The van der Waals surface area contributed by atoms with E-state index >= 15 is 0 Å². The second-order valence-electron chi connectivity index (χ2n) is 4.46. The van der Waals surface area contributed by atoms with Crippen LogP contribution in [-0.2, 0) is 16.6 Å². The van der Waals surface area contributed by atoms with Crippen molar-refractivity contribution in [3.8, 4) is 5.75 Å². The van der Waals surface area contributed by atoms with Gasteiger partial charge >= 0.3 is 0 Å². The van der Waals surface area contributed by atoms with Gasteiger partial charge in [-0.1, -0.05) is 30.3 Å². The Bertz CT molecular complexity index is 729. The summed E-state index contributed by atoms with van der Waals surface area (Å²) >= 11 is 0. The molecular weight excluding hydrogens is 288 g/mol. The lowest BCUT2D eigenvalue weighted by Gasteiger charge is -2.22. The summed E-state index contributed by atoms with van der Waals surface area (Å²) in [5.41, 5.74) is 6.70. The Morgan fingerprint density at radius 2 is 1.71 bits per heavy atom. The molecule has 0 amide bonds. The van der Waals surface area contributed by atoms with E-state index < -0.39 is 10.0 Å². The molecule has 21 heavy (non-hydrogen) atoms. The van der Waals surface area contributed by atoms with Gasteiger partial charge < -0.3 is 10.5 Å². The van der Waals surface area contributed by atoms with Gasteiger partial charge in [0.25, 0.3) is 10.0 Å². The molecule has 2 aromatic rings. The molecule has 0 bridgehead atoms. The fourth-order valence-electron chi connectivity index (χ4n) is 2.09. The topological polar surface area (TPSA) is 72.6 Å². The van der Waals surface area contributed by atoms with Crippen LogP contribution in [0.15, 0.2) is 53.4 Å². The molecule has 0 spiro atoms. The third kappa shape index (κ3) is 2.86. The van der Waals surface area contributed by atoms with Crippen molar-refractivity contribution in [2.24, 2.45) is 5.73 Å². The second kappa shape index (κ2) is 6.15. The highest BCUT2D eigenvalue weighted by Crippen LogP contribution is 2.31. The number of nitrogens with two attached hydrogens (primary N) is 1. The Morgan fingerprint density at radius 1 is 1.10 bits per heavy atom. The van der Waals surface area contributed by atoms with E-state index in [1.165, 1.54) is 18.5 Å². The summed E-state index contributed by atoms with van der Waals surface area (Å²) in [6.07, 6.45) is 0. The molecule has 2 aromatic carbocycles. The smallest absolute Gasteiger partial charge is 0.264 e. The van der Waals surface area contributed by atoms with E-state index in [4.69, 9.17) is 10.5 Å². The fraction of sp³-hybridized carbons (Fsp3) is 0.200. The van der Waals surface area contributed by atoms with Gasteiger partial charge in [0.1, 0.15) is 5.75 Å². The molecule has 5 nitrogen and oxygen atoms in total. The van der Waals surface area contributed by atoms with Crippen LogP contribution in [0.5, 0.6) is 5.75 Å². The lowest BCUT2D eigenvalue weighted by atomic mass is 10.2. The van der Waals surface area contributed by atoms with Crippen molar-refractivity contribution in [1.82, 2.24) is 0 Å². The minimum Gasteiger partial charge on any atom is -0.495 e. The molecule has 2 rings (SSSR count). The SMILES string of the molecule is COc1ccccc1N(C)S(=O)(=O)c1ccccc1CN. The van der Waals surface area contributed by atoms with Crippen molar-refractivity contribution in [2.45, 2.75) is 11.4 Å². The normalized spacial score (nSPS) is 11.2. The number of benzene rings is 2. The van der Waals surface area contributed by atoms with Gasteiger partial charge in [0.05, 0.1) is 17.7 Å². The molecule has 0 fully saturated rings. The molecule has 0 atom stereocenters. The number of anilines is 1. The van der Waals surface area contributed by atoms with Crippen LogP contribution in [0, 0.1) is 0 Å². The van der Waals surface area contributed by atoms with Crippen molar-refractivity contribution in [2.75, 3.05) is 18.5 Å². The molecule has 0 aliphatic rings. The molecular formula is C15H18N2O3S. The maximum atomic E-state index is 12.8. The van der Waals surface area contributed by atoms with Gasteiger partial charge in [-0.05, 0) is 23.8 Å².